The van der Waals surface area contributed by atoms with Crippen molar-refractivity contribution in [3.63, 3.8) is 0 Å². The number of carboxylic acids is 1. The molecule has 0 aliphatic heterocycles. The van der Waals surface area contributed by atoms with E-state index in [4.69, 9.17) is 16.7 Å². The molecule has 3 heteroatoms. The lowest BCUT2D eigenvalue weighted by Gasteiger charge is -1.94. The molecule has 2 nitrogen and oxygen atoms in total. The van der Waals surface area contributed by atoms with Crippen molar-refractivity contribution in [2.45, 2.75) is 0 Å². The van der Waals surface area contributed by atoms with Gasteiger partial charge in [-0.2, -0.15) is 0 Å². The molecule has 0 aliphatic carbocycles. The lowest BCUT2D eigenvalue weighted by Crippen LogP contribution is -1.94. The maximum Gasteiger partial charge on any atom is 0.335 e. The van der Waals surface area contributed by atoms with Gasteiger partial charge < -0.3 is 5.11 Å². The van der Waals surface area contributed by atoms with Gasteiger partial charge in [-0.1, -0.05) is 23.7 Å². The molecule has 1 rings (SSSR count). The summed E-state index contributed by atoms with van der Waals surface area (Å²) in [6.45, 7) is 0. The van der Waals surface area contributed by atoms with Gasteiger partial charge in [0.1, 0.15) is 0 Å². The van der Waals surface area contributed by atoms with Crippen LogP contribution in [0.4, 0.5) is 0 Å². The molecular weight excluding hydrogens is 176 g/mol. The normalized spacial score (nSPS) is 10.4. The number of rotatable bonds is 2. The molecule has 1 N–H and O–H groups in total. The molecule has 0 atom stereocenters. The number of carbonyl (C=O) groups is 1. The van der Waals surface area contributed by atoms with Crippen LogP contribution in [0.15, 0.2) is 29.8 Å². The van der Waals surface area contributed by atoms with Gasteiger partial charge in [0.15, 0.2) is 0 Å². The molecule has 1 aromatic rings. The predicted molar refractivity (Wildman–Crippen MR) is 48.3 cm³/mol. The van der Waals surface area contributed by atoms with Gasteiger partial charge in [-0.15, -0.1) is 0 Å². The molecule has 0 saturated carbocycles. The van der Waals surface area contributed by atoms with E-state index in [0.717, 1.165) is 5.56 Å². The molecule has 0 unspecified atom stereocenters. The van der Waals surface area contributed by atoms with E-state index in [1.165, 1.54) is 17.7 Å². The van der Waals surface area contributed by atoms with Crippen LogP contribution >= 0.6 is 11.6 Å². The molecule has 0 amide bonds. The third-order valence-corrected chi connectivity index (χ3v) is 1.54. The first kappa shape index (κ1) is 8.81. The molecule has 1 aromatic carbocycles. The van der Waals surface area contributed by atoms with Crippen LogP contribution in [-0.2, 0) is 0 Å². The highest BCUT2D eigenvalue weighted by Gasteiger charge is 1.99. The smallest absolute Gasteiger partial charge is 0.335 e. The van der Waals surface area contributed by atoms with Crippen molar-refractivity contribution in [2.24, 2.45) is 0 Å². The van der Waals surface area contributed by atoms with Crippen molar-refractivity contribution in [3.8, 4) is 0 Å². The highest BCUT2D eigenvalue weighted by molar-refractivity contribution is 6.27. The van der Waals surface area contributed by atoms with Gasteiger partial charge in [0.05, 0.1) is 5.56 Å². The average molecular weight is 183 g/mol. The van der Waals surface area contributed by atoms with Gasteiger partial charge in [-0.05, 0) is 23.8 Å². The van der Waals surface area contributed by atoms with Crippen molar-refractivity contribution >= 4 is 23.6 Å². The zero-order valence-corrected chi connectivity index (χ0v) is 6.95. The maximum atomic E-state index is 10.4. The molecular formula is C9H7ClO2. The summed E-state index contributed by atoms with van der Waals surface area (Å²) in [4.78, 5) is 10.4. The standard InChI is InChI=1S/C9H7ClO2/c10-6-5-7-1-3-8(4-2-7)9(11)12/h1-6H,(H,11,12). The van der Waals surface area contributed by atoms with Crippen LogP contribution in [0.25, 0.3) is 6.08 Å². The summed E-state index contributed by atoms with van der Waals surface area (Å²) in [5, 5.41) is 8.56. The topological polar surface area (TPSA) is 37.3 Å². The SMILES string of the molecule is O=C(O)c1ccc(C=CCl)cc1. The fraction of sp³-hybridized carbons (Fsp3) is 0. The lowest BCUT2D eigenvalue weighted by molar-refractivity contribution is 0.0697. The number of aromatic carboxylic acids is 1. The summed E-state index contributed by atoms with van der Waals surface area (Å²) < 4.78 is 0. The van der Waals surface area contributed by atoms with Crippen LogP contribution < -0.4 is 0 Å². The van der Waals surface area contributed by atoms with Crippen molar-refractivity contribution in [2.75, 3.05) is 0 Å². The average Bonchev–Trinajstić information content (AvgIpc) is 2.06. The fourth-order valence-corrected chi connectivity index (χ4v) is 0.955. The van der Waals surface area contributed by atoms with Crippen LogP contribution in [0.1, 0.15) is 15.9 Å². The molecule has 0 aromatic heterocycles. The predicted octanol–water partition coefficient (Wildman–Crippen LogP) is 2.59. The van der Waals surface area contributed by atoms with Crippen LogP contribution in [-0.4, -0.2) is 11.1 Å². The van der Waals surface area contributed by atoms with E-state index in [0.29, 0.717) is 0 Å². The summed E-state index contributed by atoms with van der Waals surface area (Å²) in [6, 6.07) is 6.47. The summed E-state index contributed by atoms with van der Waals surface area (Å²) in [5.41, 5.74) is 2.55. The van der Waals surface area contributed by atoms with Crippen LogP contribution in [0.2, 0.25) is 0 Å². The molecule has 12 heavy (non-hydrogen) atoms. The number of benzene rings is 1. The van der Waals surface area contributed by atoms with E-state index < -0.39 is 5.97 Å². The maximum absolute atomic E-state index is 10.4. The van der Waals surface area contributed by atoms with Gasteiger partial charge in [0, 0.05) is 5.54 Å². The minimum absolute atomic E-state index is 0.279. The highest BCUT2D eigenvalue weighted by Crippen LogP contribution is 2.06. The van der Waals surface area contributed by atoms with Gasteiger partial charge in [-0.25, -0.2) is 4.79 Å². The first-order valence-corrected chi connectivity index (χ1v) is 3.78. The second-order valence-corrected chi connectivity index (χ2v) is 2.47. The van der Waals surface area contributed by atoms with Gasteiger partial charge in [0.25, 0.3) is 0 Å². The van der Waals surface area contributed by atoms with E-state index in [-0.39, 0.29) is 5.56 Å². The zero-order valence-electron chi connectivity index (χ0n) is 6.20. The molecule has 0 radical (unpaired) electrons. The summed E-state index contributed by atoms with van der Waals surface area (Å²) in [6.07, 6.45) is 1.69. The monoisotopic (exact) mass is 182 g/mol. The Morgan fingerprint density at radius 1 is 1.33 bits per heavy atom. The minimum Gasteiger partial charge on any atom is -0.478 e. The van der Waals surface area contributed by atoms with Crippen LogP contribution in [0.5, 0.6) is 0 Å². The van der Waals surface area contributed by atoms with Gasteiger partial charge >= 0.3 is 5.97 Å². The Bertz CT molecular complexity index is 301. The van der Waals surface area contributed by atoms with E-state index in [1.54, 1.807) is 18.2 Å². The molecule has 0 spiro atoms. The number of halogens is 1. The van der Waals surface area contributed by atoms with Gasteiger partial charge in [-0.3, -0.25) is 0 Å². The minimum atomic E-state index is -0.920. The van der Waals surface area contributed by atoms with Gasteiger partial charge in [0.2, 0.25) is 0 Å². The van der Waals surface area contributed by atoms with Crippen molar-refractivity contribution in [3.05, 3.63) is 40.9 Å². The molecule has 0 bridgehead atoms. The third kappa shape index (κ3) is 2.10. The van der Waals surface area contributed by atoms with E-state index in [9.17, 15) is 4.79 Å². The Labute approximate surface area is 75.1 Å². The number of hydrogen-bond acceptors (Lipinski definition) is 1. The van der Waals surface area contributed by atoms with Crippen molar-refractivity contribution in [1.29, 1.82) is 0 Å². The Kier molecular flexibility index (Phi) is 2.88. The Morgan fingerprint density at radius 3 is 2.33 bits per heavy atom. The number of carboxylic acid groups (broad SMARTS) is 1. The summed E-state index contributed by atoms with van der Waals surface area (Å²) >= 11 is 5.34. The van der Waals surface area contributed by atoms with Crippen LogP contribution in [0.3, 0.4) is 0 Å². The molecule has 0 heterocycles. The fourth-order valence-electron chi connectivity index (χ4n) is 0.810. The quantitative estimate of drug-likeness (QED) is 0.764. The largest absolute Gasteiger partial charge is 0.478 e. The highest BCUT2D eigenvalue weighted by atomic mass is 35.5. The number of hydrogen-bond donors (Lipinski definition) is 1. The molecule has 0 fully saturated rings. The molecule has 62 valence electrons. The lowest BCUT2D eigenvalue weighted by atomic mass is 10.1. The Morgan fingerprint density at radius 2 is 1.92 bits per heavy atom. The first-order chi connectivity index (χ1) is 5.74. The first-order valence-electron chi connectivity index (χ1n) is 3.34. The zero-order chi connectivity index (χ0) is 8.97. The third-order valence-electron chi connectivity index (χ3n) is 1.41. The molecule has 0 saturated heterocycles. The Hall–Kier alpha value is -1.28. The molecule has 0 aliphatic rings. The second kappa shape index (κ2) is 3.93. The van der Waals surface area contributed by atoms with E-state index in [2.05, 4.69) is 0 Å². The van der Waals surface area contributed by atoms with Crippen molar-refractivity contribution < 1.29 is 9.90 Å². The summed E-state index contributed by atoms with van der Waals surface area (Å²) in [5.74, 6) is -0.920. The van der Waals surface area contributed by atoms with Crippen LogP contribution in [0, 0.1) is 0 Å². The van der Waals surface area contributed by atoms with Crippen molar-refractivity contribution in [1.82, 2.24) is 0 Å². The van der Waals surface area contributed by atoms with E-state index in [1.807, 2.05) is 0 Å². The second-order valence-electron chi connectivity index (χ2n) is 2.22. The summed E-state index contributed by atoms with van der Waals surface area (Å²) in [7, 11) is 0. The Balaban J connectivity index is 2.93. The van der Waals surface area contributed by atoms with E-state index >= 15 is 0 Å².